The second kappa shape index (κ2) is 5.02. The van der Waals surface area contributed by atoms with Gasteiger partial charge in [-0.1, -0.05) is 35.0 Å². The molecule has 1 aromatic carbocycles. The molecule has 2 atom stereocenters. The van der Waals surface area contributed by atoms with Crippen LogP contribution in [0.3, 0.4) is 0 Å². The van der Waals surface area contributed by atoms with Gasteiger partial charge >= 0.3 is 5.97 Å². The van der Waals surface area contributed by atoms with E-state index in [1.165, 1.54) is 5.56 Å². The lowest BCUT2D eigenvalue weighted by Gasteiger charge is -2.34. The van der Waals surface area contributed by atoms with E-state index in [4.69, 9.17) is 5.73 Å². The third-order valence-corrected chi connectivity index (χ3v) is 4.84. The number of rotatable bonds is 4. The normalized spacial score (nSPS) is 23.7. The van der Waals surface area contributed by atoms with Crippen LogP contribution in [0, 0.1) is 0 Å². The number of benzene rings is 1. The van der Waals surface area contributed by atoms with Gasteiger partial charge in [-0.2, -0.15) is 0 Å². The van der Waals surface area contributed by atoms with E-state index in [0.717, 1.165) is 29.3 Å². The number of carboxylic acid groups (broad SMARTS) is 1. The third kappa shape index (κ3) is 2.08. The van der Waals surface area contributed by atoms with Crippen molar-refractivity contribution in [3.8, 4) is 0 Å². The molecule has 18 heavy (non-hydrogen) atoms. The van der Waals surface area contributed by atoms with E-state index in [9.17, 15) is 9.90 Å². The highest BCUT2D eigenvalue weighted by Gasteiger charge is 2.44. The van der Waals surface area contributed by atoms with Gasteiger partial charge in [0.15, 0.2) is 0 Å². The third-order valence-electron chi connectivity index (χ3n) is 4.09. The van der Waals surface area contributed by atoms with Crippen molar-refractivity contribution < 1.29 is 9.90 Å². The standard InChI is InChI=1S/C14H18BrNO2/c1-2-12(16)14(8-13(17)18)7-6-9-10(14)4-3-5-11(9)15/h3-5,12H,2,6-8,16H2,1H3,(H,17,18). The molecule has 0 heterocycles. The lowest BCUT2D eigenvalue weighted by molar-refractivity contribution is -0.138. The van der Waals surface area contributed by atoms with Crippen molar-refractivity contribution in [1.29, 1.82) is 0 Å². The van der Waals surface area contributed by atoms with E-state index >= 15 is 0 Å². The van der Waals surface area contributed by atoms with Crippen molar-refractivity contribution >= 4 is 21.9 Å². The molecule has 4 heteroatoms. The molecule has 1 aliphatic carbocycles. The minimum absolute atomic E-state index is 0.107. The Bertz CT molecular complexity index is 475. The summed E-state index contributed by atoms with van der Waals surface area (Å²) in [4.78, 5) is 11.2. The number of nitrogens with two attached hydrogens (primary N) is 1. The van der Waals surface area contributed by atoms with Crippen LogP contribution in [0.25, 0.3) is 0 Å². The van der Waals surface area contributed by atoms with Gasteiger partial charge in [-0.05, 0) is 36.5 Å². The summed E-state index contributed by atoms with van der Waals surface area (Å²) in [5.74, 6) is -0.772. The molecule has 0 amide bonds. The minimum atomic E-state index is -0.772. The van der Waals surface area contributed by atoms with Gasteiger partial charge < -0.3 is 10.8 Å². The first-order valence-corrected chi connectivity index (χ1v) is 7.06. The van der Waals surface area contributed by atoms with E-state index in [2.05, 4.69) is 15.9 Å². The Kier molecular flexibility index (Phi) is 3.78. The van der Waals surface area contributed by atoms with Gasteiger partial charge in [0.2, 0.25) is 0 Å². The maximum Gasteiger partial charge on any atom is 0.304 e. The predicted molar refractivity (Wildman–Crippen MR) is 74.7 cm³/mol. The van der Waals surface area contributed by atoms with Gasteiger partial charge in [0, 0.05) is 15.9 Å². The zero-order chi connectivity index (χ0) is 13.3. The summed E-state index contributed by atoms with van der Waals surface area (Å²) in [5, 5.41) is 9.21. The van der Waals surface area contributed by atoms with Crippen molar-refractivity contribution in [2.45, 2.75) is 44.1 Å². The topological polar surface area (TPSA) is 63.3 Å². The Morgan fingerprint density at radius 1 is 1.61 bits per heavy atom. The second-order valence-electron chi connectivity index (χ2n) is 5.01. The van der Waals surface area contributed by atoms with E-state index < -0.39 is 11.4 Å². The highest BCUT2D eigenvalue weighted by atomic mass is 79.9. The zero-order valence-electron chi connectivity index (χ0n) is 10.4. The Hall–Kier alpha value is -0.870. The summed E-state index contributed by atoms with van der Waals surface area (Å²) in [6.45, 7) is 2.02. The highest BCUT2D eigenvalue weighted by molar-refractivity contribution is 9.10. The largest absolute Gasteiger partial charge is 0.481 e. The number of halogens is 1. The molecule has 0 aliphatic heterocycles. The summed E-state index contributed by atoms with van der Waals surface area (Å²) in [5.41, 5.74) is 8.19. The maximum absolute atomic E-state index is 11.2. The Morgan fingerprint density at radius 3 is 2.94 bits per heavy atom. The molecule has 0 radical (unpaired) electrons. The SMILES string of the molecule is CCC(N)C1(CC(=O)O)CCc2c(Br)cccc21. The summed E-state index contributed by atoms with van der Waals surface area (Å²) >= 11 is 3.55. The molecule has 0 fully saturated rings. The van der Waals surface area contributed by atoms with Crippen LogP contribution in [0.2, 0.25) is 0 Å². The van der Waals surface area contributed by atoms with E-state index in [1.54, 1.807) is 0 Å². The first kappa shape index (κ1) is 13.6. The van der Waals surface area contributed by atoms with Crippen molar-refractivity contribution in [2.24, 2.45) is 5.73 Å². The maximum atomic E-state index is 11.2. The highest BCUT2D eigenvalue weighted by Crippen LogP contribution is 2.46. The van der Waals surface area contributed by atoms with Crippen LogP contribution in [0.4, 0.5) is 0 Å². The van der Waals surface area contributed by atoms with Gasteiger partial charge in [-0.15, -0.1) is 0 Å². The first-order valence-electron chi connectivity index (χ1n) is 6.26. The predicted octanol–water partition coefficient (Wildman–Crippen LogP) is 2.85. The van der Waals surface area contributed by atoms with Crippen LogP contribution in [0.5, 0.6) is 0 Å². The van der Waals surface area contributed by atoms with Gasteiger partial charge in [0.1, 0.15) is 0 Å². The summed E-state index contributed by atoms with van der Waals surface area (Å²) in [6.07, 6.45) is 2.63. The Labute approximate surface area is 116 Å². The lowest BCUT2D eigenvalue weighted by Crippen LogP contribution is -2.45. The van der Waals surface area contributed by atoms with Crippen LogP contribution in [0.15, 0.2) is 22.7 Å². The number of fused-ring (bicyclic) bond motifs is 1. The van der Waals surface area contributed by atoms with Crippen molar-refractivity contribution in [1.82, 2.24) is 0 Å². The van der Waals surface area contributed by atoms with E-state index in [1.807, 2.05) is 25.1 Å². The van der Waals surface area contributed by atoms with Crippen molar-refractivity contribution in [3.63, 3.8) is 0 Å². The Morgan fingerprint density at radius 2 is 2.33 bits per heavy atom. The molecule has 0 spiro atoms. The minimum Gasteiger partial charge on any atom is -0.481 e. The number of hydrogen-bond donors (Lipinski definition) is 2. The molecule has 98 valence electrons. The molecule has 0 bridgehead atoms. The number of aliphatic carboxylic acids is 1. The molecule has 1 aliphatic rings. The van der Waals surface area contributed by atoms with Crippen LogP contribution in [-0.2, 0) is 16.6 Å². The van der Waals surface area contributed by atoms with Crippen LogP contribution in [0.1, 0.15) is 37.3 Å². The van der Waals surface area contributed by atoms with Crippen molar-refractivity contribution in [2.75, 3.05) is 0 Å². The number of carbonyl (C=O) groups is 1. The summed E-state index contributed by atoms with van der Waals surface area (Å²) in [7, 11) is 0. The molecule has 2 unspecified atom stereocenters. The van der Waals surface area contributed by atoms with Gasteiger partial charge in [-0.25, -0.2) is 0 Å². The number of carboxylic acids is 1. The fourth-order valence-corrected chi connectivity index (χ4v) is 3.69. The summed E-state index contributed by atoms with van der Waals surface area (Å²) < 4.78 is 1.07. The van der Waals surface area contributed by atoms with Crippen LogP contribution in [-0.4, -0.2) is 17.1 Å². The van der Waals surface area contributed by atoms with Crippen molar-refractivity contribution in [3.05, 3.63) is 33.8 Å². The molecule has 3 nitrogen and oxygen atoms in total. The molecule has 1 aromatic rings. The molecule has 0 saturated carbocycles. The van der Waals surface area contributed by atoms with E-state index in [0.29, 0.717) is 0 Å². The monoisotopic (exact) mass is 311 g/mol. The molecule has 0 aromatic heterocycles. The quantitative estimate of drug-likeness (QED) is 0.898. The lowest BCUT2D eigenvalue weighted by atomic mass is 9.72. The fraction of sp³-hybridized carbons (Fsp3) is 0.500. The van der Waals surface area contributed by atoms with Crippen LogP contribution < -0.4 is 5.73 Å². The second-order valence-corrected chi connectivity index (χ2v) is 5.86. The van der Waals surface area contributed by atoms with E-state index in [-0.39, 0.29) is 12.5 Å². The van der Waals surface area contributed by atoms with Gasteiger partial charge in [0.25, 0.3) is 0 Å². The average molecular weight is 312 g/mol. The molecular formula is C14H18BrNO2. The first-order chi connectivity index (χ1) is 8.51. The van der Waals surface area contributed by atoms with Gasteiger partial charge in [-0.3, -0.25) is 4.79 Å². The molecular weight excluding hydrogens is 294 g/mol. The van der Waals surface area contributed by atoms with Crippen LogP contribution >= 0.6 is 15.9 Å². The number of hydrogen-bond acceptors (Lipinski definition) is 2. The fourth-order valence-electron chi connectivity index (χ4n) is 3.12. The summed E-state index contributed by atoms with van der Waals surface area (Å²) in [6, 6.07) is 5.90. The zero-order valence-corrected chi connectivity index (χ0v) is 12.0. The van der Waals surface area contributed by atoms with Gasteiger partial charge in [0.05, 0.1) is 6.42 Å². The smallest absolute Gasteiger partial charge is 0.304 e. The molecule has 2 rings (SSSR count). The average Bonchev–Trinajstić information content (AvgIpc) is 2.69. The Balaban J connectivity index is 2.52. The molecule has 0 saturated heterocycles. The molecule has 3 N–H and O–H groups in total.